The Kier molecular flexibility index (Phi) is 2.07. The summed E-state index contributed by atoms with van der Waals surface area (Å²) in [7, 11) is 0. The molecule has 1 aromatic carbocycles. The van der Waals surface area contributed by atoms with E-state index < -0.39 is 17.6 Å². The van der Waals surface area contributed by atoms with Gasteiger partial charge in [-0.25, -0.2) is 18.6 Å². The molecule has 76 valence electrons. The zero-order valence-corrected chi connectivity index (χ0v) is 7.37. The van der Waals surface area contributed by atoms with E-state index in [9.17, 15) is 13.6 Å². The highest BCUT2D eigenvalue weighted by molar-refractivity contribution is 5.89. The second kappa shape index (κ2) is 3.27. The van der Waals surface area contributed by atoms with Crippen LogP contribution in [-0.2, 0) is 0 Å². The lowest BCUT2D eigenvalue weighted by atomic mass is 10.2. The van der Waals surface area contributed by atoms with E-state index in [1.54, 1.807) is 0 Å². The van der Waals surface area contributed by atoms with Crippen molar-refractivity contribution in [2.45, 2.75) is 0 Å². The highest BCUT2D eigenvalue weighted by Crippen LogP contribution is 2.18. The van der Waals surface area contributed by atoms with Gasteiger partial charge in [-0.2, -0.15) is 0 Å². The molecule has 0 spiro atoms. The topological polar surface area (TPSA) is 50.2 Å². The fourth-order valence-corrected chi connectivity index (χ4v) is 1.28. The molecular weight excluding hydrogens is 204 g/mol. The highest BCUT2D eigenvalue weighted by atomic mass is 19.1. The third-order valence-electron chi connectivity index (χ3n) is 1.94. The normalized spacial score (nSPS) is 10.5. The first-order chi connectivity index (χ1) is 7.08. The maximum Gasteiger partial charge on any atom is 0.354 e. The minimum absolute atomic E-state index is 0.00704. The van der Waals surface area contributed by atoms with Crippen molar-refractivity contribution in [3.8, 4) is 0 Å². The molecule has 5 heteroatoms. The highest BCUT2D eigenvalue weighted by Gasteiger charge is 2.09. The van der Waals surface area contributed by atoms with Crippen molar-refractivity contribution >= 4 is 16.9 Å². The Morgan fingerprint density at radius 2 is 2.00 bits per heavy atom. The van der Waals surface area contributed by atoms with Crippen molar-refractivity contribution in [3.05, 3.63) is 41.6 Å². The van der Waals surface area contributed by atoms with E-state index in [0.29, 0.717) is 0 Å². The fourth-order valence-electron chi connectivity index (χ4n) is 1.28. The van der Waals surface area contributed by atoms with Crippen LogP contribution >= 0.6 is 0 Å². The van der Waals surface area contributed by atoms with Crippen LogP contribution in [0.5, 0.6) is 0 Å². The first-order valence-corrected chi connectivity index (χ1v) is 4.07. The molecule has 0 bridgehead atoms. The first kappa shape index (κ1) is 9.51. The van der Waals surface area contributed by atoms with E-state index in [-0.39, 0.29) is 16.6 Å². The van der Waals surface area contributed by atoms with E-state index in [1.165, 1.54) is 12.1 Å². The number of benzene rings is 1. The average Bonchev–Trinajstić information content (AvgIpc) is 2.16. The average molecular weight is 209 g/mol. The molecule has 0 fully saturated rings. The van der Waals surface area contributed by atoms with Gasteiger partial charge in [0.15, 0.2) is 0 Å². The van der Waals surface area contributed by atoms with Crippen molar-refractivity contribution in [2.75, 3.05) is 0 Å². The van der Waals surface area contributed by atoms with E-state index in [1.807, 2.05) is 0 Å². The summed E-state index contributed by atoms with van der Waals surface area (Å²) < 4.78 is 26.0. The van der Waals surface area contributed by atoms with Crippen LogP contribution in [0.4, 0.5) is 8.78 Å². The van der Waals surface area contributed by atoms with Gasteiger partial charge in [0.2, 0.25) is 0 Å². The first-order valence-electron chi connectivity index (χ1n) is 4.07. The van der Waals surface area contributed by atoms with Gasteiger partial charge in [0, 0.05) is 17.5 Å². The smallest absolute Gasteiger partial charge is 0.354 e. The van der Waals surface area contributed by atoms with Gasteiger partial charge in [-0.1, -0.05) is 0 Å². The van der Waals surface area contributed by atoms with Gasteiger partial charge >= 0.3 is 5.97 Å². The molecule has 0 radical (unpaired) electrons. The number of hydrogen-bond acceptors (Lipinski definition) is 2. The number of halogens is 2. The van der Waals surface area contributed by atoms with Crippen LogP contribution in [0.3, 0.4) is 0 Å². The van der Waals surface area contributed by atoms with Crippen LogP contribution in [0, 0.1) is 11.6 Å². The Balaban J connectivity index is 2.76. The molecule has 0 saturated heterocycles. The third-order valence-corrected chi connectivity index (χ3v) is 1.94. The zero-order valence-electron chi connectivity index (χ0n) is 7.37. The number of carboxylic acids is 1. The summed E-state index contributed by atoms with van der Waals surface area (Å²) in [5.74, 6) is -2.77. The minimum atomic E-state index is -1.23. The van der Waals surface area contributed by atoms with Crippen LogP contribution in [-0.4, -0.2) is 16.1 Å². The van der Waals surface area contributed by atoms with E-state index in [4.69, 9.17) is 5.11 Å². The fraction of sp³-hybridized carbons (Fsp3) is 0. The van der Waals surface area contributed by atoms with Gasteiger partial charge in [0.25, 0.3) is 0 Å². The number of aromatic nitrogens is 1. The summed E-state index contributed by atoms with van der Waals surface area (Å²) >= 11 is 0. The van der Waals surface area contributed by atoms with Crippen LogP contribution in [0.2, 0.25) is 0 Å². The number of carbonyl (C=O) groups is 1. The SMILES string of the molecule is O=C(O)c1ccc2c(F)cc(F)cc2n1. The summed E-state index contributed by atoms with van der Waals surface area (Å²) in [6.07, 6.45) is 0. The molecule has 0 amide bonds. The quantitative estimate of drug-likeness (QED) is 0.783. The Hall–Kier alpha value is -2.04. The number of hydrogen-bond donors (Lipinski definition) is 1. The predicted molar refractivity (Wildman–Crippen MR) is 48.6 cm³/mol. The van der Waals surface area contributed by atoms with Gasteiger partial charge < -0.3 is 5.11 Å². The number of nitrogens with zero attached hydrogens (tertiary/aromatic N) is 1. The number of carboxylic acid groups (broad SMARTS) is 1. The maximum absolute atomic E-state index is 13.2. The lowest BCUT2D eigenvalue weighted by Gasteiger charge is -2.00. The summed E-state index contributed by atoms with van der Waals surface area (Å²) in [6, 6.07) is 4.15. The predicted octanol–water partition coefficient (Wildman–Crippen LogP) is 2.21. The molecule has 0 aliphatic heterocycles. The van der Waals surface area contributed by atoms with Crippen LogP contribution in [0.25, 0.3) is 10.9 Å². The monoisotopic (exact) mass is 209 g/mol. The van der Waals surface area contributed by atoms with Crippen molar-refractivity contribution in [2.24, 2.45) is 0 Å². The second-order valence-corrected chi connectivity index (χ2v) is 2.96. The maximum atomic E-state index is 13.2. The molecular formula is C10H5F2NO2. The molecule has 0 saturated carbocycles. The molecule has 1 aromatic heterocycles. The third kappa shape index (κ3) is 1.63. The lowest BCUT2D eigenvalue weighted by molar-refractivity contribution is 0.0691. The molecule has 0 unspecified atom stereocenters. The van der Waals surface area contributed by atoms with Crippen molar-refractivity contribution < 1.29 is 18.7 Å². The van der Waals surface area contributed by atoms with Crippen molar-refractivity contribution in [1.82, 2.24) is 4.98 Å². The molecule has 2 rings (SSSR count). The van der Waals surface area contributed by atoms with Crippen molar-refractivity contribution in [3.63, 3.8) is 0 Å². The van der Waals surface area contributed by atoms with E-state index in [0.717, 1.165) is 12.1 Å². The molecule has 0 aliphatic rings. The molecule has 3 nitrogen and oxygen atoms in total. The Morgan fingerprint density at radius 1 is 1.27 bits per heavy atom. The van der Waals surface area contributed by atoms with Gasteiger partial charge in [-0.05, 0) is 12.1 Å². The van der Waals surface area contributed by atoms with Gasteiger partial charge in [0.05, 0.1) is 5.52 Å². The number of fused-ring (bicyclic) bond motifs is 1. The lowest BCUT2D eigenvalue weighted by Crippen LogP contribution is -2.00. The van der Waals surface area contributed by atoms with Crippen molar-refractivity contribution in [1.29, 1.82) is 0 Å². The second-order valence-electron chi connectivity index (χ2n) is 2.96. The van der Waals surface area contributed by atoms with Gasteiger partial charge in [-0.15, -0.1) is 0 Å². The Morgan fingerprint density at radius 3 is 2.67 bits per heavy atom. The van der Waals surface area contributed by atoms with Crippen LogP contribution in [0.1, 0.15) is 10.5 Å². The summed E-state index contributed by atoms with van der Waals surface area (Å²) in [4.78, 5) is 14.2. The largest absolute Gasteiger partial charge is 0.477 e. The molecule has 2 aromatic rings. The Labute approximate surface area is 83.0 Å². The number of rotatable bonds is 1. The van der Waals surface area contributed by atoms with Gasteiger partial charge in [-0.3, -0.25) is 0 Å². The molecule has 15 heavy (non-hydrogen) atoms. The van der Waals surface area contributed by atoms with E-state index >= 15 is 0 Å². The number of pyridine rings is 1. The molecule has 1 heterocycles. The summed E-state index contributed by atoms with van der Waals surface area (Å²) in [6.45, 7) is 0. The van der Waals surface area contributed by atoms with E-state index in [2.05, 4.69) is 4.98 Å². The summed E-state index contributed by atoms with van der Waals surface area (Å²) in [5, 5.41) is 8.73. The number of aromatic carboxylic acids is 1. The Bertz CT molecular complexity index is 554. The molecule has 1 N–H and O–H groups in total. The zero-order chi connectivity index (χ0) is 11.0. The van der Waals surface area contributed by atoms with Gasteiger partial charge in [0.1, 0.15) is 17.3 Å². The molecule has 0 atom stereocenters. The van der Waals surface area contributed by atoms with Crippen LogP contribution < -0.4 is 0 Å². The molecule has 0 aliphatic carbocycles. The van der Waals surface area contributed by atoms with Crippen LogP contribution in [0.15, 0.2) is 24.3 Å². The summed E-state index contributed by atoms with van der Waals surface area (Å²) in [5.41, 5.74) is -0.250. The minimum Gasteiger partial charge on any atom is -0.477 e. The standard InChI is InChI=1S/C10H5F2NO2/c11-5-3-7(12)6-1-2-8(10(14)15)13-9(6)4-5/h1-4H,(H,14,15).